The molecule has 1 aliphatic rings. The van der Waals surface area contributed by atoms with Crippen molar-refractivity contribution in [2.75, 3.05) is 18.4 Å². The Bertz CT molecular complexity index is 1130. The third-order valence-electron chi connectivity index (χ3n) is 5.57. The molecule has 0 unspecified atom stereocenters. The minimum atomic E-state index is 0.430. The lowest BCUT2D eigenvalue weighted by Gasteiger charge is -2.32. The second-order valence-electron chi connectivity index (χ2n) is 7.75. The van der Waals surface area contributed by atoms with E-state index in [4.69, 9.17) is 4.98 Å². The van der Waals surface area contributed by atoms with Crippen molar-refractivity contribution in [2.24, 2.45) is 0 Å². The number of anilines is 2. The van der Waals surface area contributed by atoms with Gasteiger partial charge in [-0.15, -0.1) is 0 Å². The van der Waals surface area contributed by atoms with Crippen LogP contribution >= 0.6 is 0 Å². The second-order valence-corrected chi connectivity index (χ2v) is 7.75. The molecule has 1 aliphatic heterocycles. The SMILES string of the molecule is c1cnc(Nc2cccc([C@H]3CCCN(Cc4ccc5ncccc5c4)C3)n2)nc1. The van der Waals surface area contributed by atoms with Crippen LogP contribution in [0.15, 0.2) is 73.2 Å². The number of nitrogens with zero attached hydrogens (tertiary/aromatic N) is 5. The summed E-state index contributed by atoms with van der Waals surface area (Å²) in [5.74, 6) is 1.79. The molecule has 0 spiro atoms. The molecule has 1 fully saturated rings. The summed E-state index contributed by atoms with van der Waals surface area (Å²) in [7, 11) is 0. The highest BCUT2D eigenvalue weighted by molar-refractivity contribution is 5.78. The first kappa shape index (κ1) is 18.6. The van der Waals surface area contributed by atoms with Gasteiger partial charge in [0.2, 0.25) is 5.95 Å². The molecule has 6 nitrogen and oxygen atoms in total. The molecule has 1 saturated heterocycles. The average molecular weight is 396 g/mol. The van der Waals surface area contributed by atoms with Crippen molar-refractivity contribution < 1.29 is 0 Å². The topological polar surface area (TPSA) is 66.8 Å². The van der Waals surface area contributed by atoms with E-state index in [1.165, 1.54) is 17.4 Å². The lowest BCUT2D eigenvalue weighted by molar-refractivity contribution is 0.198. The number of aromatic nitrogens is 4. The maximum atomic E-state index is 4.85. The molecular formula is C24H24N6. The number of fused-ring (bicyclic) bond motifs is 1. The second kappa shape index (κ2) is 8.55. The fourth-order valence-corrected chi connectivity index (χ4v) is 4.15. The molecule has 1 atom stereocenters. The van der Waals surface area contributed by atoms with Crippen molar-refractivity contribution in [2.45, 2.75) is 25.3 Å². The van der Waals surface area contributed by atoms with Gasteiger partial charge in [-0.1, -0.05) is 18.2 Å². The van der Waals surface area contributed by atoms with E-state index in [0.29, 0.717) is 11.9 Å². The molecule has 0 radical (unpaired) electrons. The lowest BCUT2D eigenvalue weighted by Crippen LogP contribution is -2.34. The molecule has 4 aromatic rings. The summed E-state index contributed by atoms with van der Waals surface area (Å²) < 4.78 is 0. The highest BCUT2D eigenvalue weighted by atomic mass is 15.1. The predicted octanol–water partition coefficient (Wildman–Crippen LogP) is 4.54. The van der Waals surface area contributed by atoms with Crippen molar-refractivity contribution in [1.82, 2.24) is 24.8 Å². The van der Waals surface area contributed by atoms with Gasteiger partial charge in [-0.3, -0.25) is 9.88 Å². The van der Waals surface area contributed by atoms with Gasteiger partial charge in [0.15, 0.2) is 0 Å². The first-order valence-corrected chi connectivity index (χ1v) is 10.4. The maximum absolute atomic E-state index is 4.85. The average Bonchev–Trinajstić information content (AvgIpc) is 2.80. The minimum Gasteiger partial charge on any atom is -0.309 e. The van der Waals surface area contributed by atoms with E-state index >= 15 is 0 Å². The zero-order chi connectivity index (χ0) is 20.2. The Hall–Kier alpha value is -3.38. The van der Waals surface area contributed by atoms with Crippen LogP contribution in [0.2, 0.25) is 0 Å². The van der Waals surface area contributed by atoms with Crippen LogP contribution in [0, 0.1) is 0 Å². The van der Waals surface area contributed by atoms with Crippen LogP contribution in [0.3, 0.4) is 0 Å². The van der Waals surface area contributed by atoms with Crippen LogP contribution in [-0.2, 0) is 6.54 Å². The van der Waals surface area contributed by atoms with Crippen molar-refractivity contribution in [3.63, 3.8) is 0 Å². The van der Waals surface area contributed by atoms with Gasteiger partial charge in [-0.25, -0.2) is 15.0 Å². The van der Waals surface area contributed by atoms with Gasteiger partial charge in [-0.2, -0.15) is 0 Å². The predicted molar refractivity (Wildman–Crippen MR) is 119 cm³/mol. The van der Waals surface area contributed by atoms with Crippen molar-refractivity contribution in [3.05, 3.63) is 84.4 Å². The molecule has 0 aliphatic carbocycles. The summed E-state index contributed by atoms with van der Waals surface area (Å²) in [5, 5.41) is 4.40. The van der Waals surface area contributed by atoms with E-state index in [-0.39, 0.29) is 0 Å². The molecule has 4 heterocycles. The highest BCUT2D eigenvalue weighted by Crippen LogP contribution is 2.28. The van der Waals surface area contributed by atoms with E-state index in [1.54, 1.807) is 18.5 Å². The Balaban J connectivity index is 1.28. The normalized spacial score (nSPS) is 17.1. The van der Waals surface area contributed by atoms with E-state index in [0.717, 1.165) is 43.1 Å². The Morgan fingerprint density at radius 1 is 0.933 bits per heavy atom. The summed E-state index contributed by atoms with van der Waals surface area (Å²) in [4.78, 5) is 20.2. The third-order valence-corrected chi connectivity index (χ3v) is 5.57. The monoisotopic (exact) mass is 396 g/mol. The summed E-state index contributed by atoms with van der Waals surface area (Å²) >= 11 is 0. The Labute approximate surface area is 176 Å². The summed E-state index contributed by atoms with van der Waals surface area (Å²) in [6, 6.07) is 18.7. The third kappa shape index (κ3) is 4.28. The lowest BCUT2D eigenvalue weighted by atomic mass is 9.94. The largest absolute Gasteiger partial charge is 0.309 e. The van der Waals surface area contributed by atoms with Crippen LogP contribution in [0.4, 0.5) is 11.8 Å². The van der Waals surface area contributed by atoms with Crippen LogP contribution < -0.4 is 5.32 Å². The first-order chi connectivity index (χ1) is 14.8. The van der Waals surface area contributed by atoms with Crippen molar-refractivity contribution in [1.29, 1.82) is 0 Å². The number of benzene rings is 1. The standard InChI is InChI=1S/C24H24N6/c1-7-22(28-23(8-1)29-24-26-12-4-13-27-24)20-6-3-14-30(17-20)16-18-9-10-21-19(15-18)5-2-11-25-21/h1-2,4-5,7-13,15,20H,3,6,14,16-17H2,(H,26,27,28,29)/t20-/m0/s1. The van der Waals surface area contributed by atoms with Crippen LogP contribution in [0.1, 0.15) is 30.0 Å². The zero-order valence-corrected chi connectivity index (χ0v) is 16.8. The molecule has 5 rings (SSSR count). The molecule has 0 amide bonds. The number of pyridine rings is 2. The Morgan fingerprint density at radius 2 is 1.83 bits per heavy atom. The van der Waals surface area contributed by atoms with E-state index in [2.05, 4.69) is 61.6 Å². The van der Waals surface area contributed by atoms with Crippen LogP contribution in [0.5, 0.6) is 0 Å². The molecule has 1 N–H and O–H groups in total. The summed E-state index contributed by atoms with van der Waals surface area (Å²) in [5.41, 5.74) is 3.51. The molecule has 30 heavy (non-hydrogen) atoms. The molecule has 1 aromatic carbocycles. The highest BCUT2D eigenvalue weighted by Gasteiger charge is 2.22. The number of rotatable bonds is 5. The maximum Gasteiger partial charge on any atom is 0.228 e. The molecule has 3 aromatic heterocycles. The number of nitrogens with one attached hydrogen (secondary N) is 1. The summed E-state index contributed by atoms with van der Waals surface area (Å²) in [6.45, 7) is 3.10. The van der Waals surface area contributed by atoms with E-state index in [9.17, 15) is 0 Å². The van der Waals surface area contributed by atoms with Crippen LogP contribution in [-0.4, -0.2) is 37.9 Å². The fraction of sp³-hybridized carbons (Fsp3) is 0.250. The van der Waals surface area contributed by atoms with Crippen LogP contribution in [0.25, 0.3) is 10.9 Å². The Kier molecular flexibility index (Phi) is 5.31. The Morgan fingerprint density at radius 3 is 2.77 bits per heavy atom. The smallest absolute Gasteiger partial charge is 0.228 e. The van der Waals surface area contributed by atoms with Gasteiger partial charge in [0.05, 0.1) is 5.52 Å². The fourth-order valence-electron chi connectivity index (χ4n) is 4.15. The molecule has 0 saturated carbocycles. The zero-order valence-electron chi connectivity index (χ0n) is 16.8. The number of likely N-dealkylation sites (tertiary alicyclic amines) is 1. The van der Waals surface area contributed by atoms with Gasteiger partial charge < -0.3 is 5.32 Å². The summed E-state index contributed by atoms with van der Waals surface area (Å²) in [6.07, 6.45) is 7.64. The van der Waals surface area contributed by atoms with Crippen molar-refractivity contribution >= 4 is 22.7 Å². The van der Waals surface area contributed by atoms with E-state index in [1.807, 2.05) is 18.3 Å². The minimum absolute atomic E-state index is 0.430. The van der Waals surface area contributed by atoms with Gasteiger partial charge in [-0.05, 0) is 61.3 Å². The number of hydrogen-bond donors (Lipinski definition) is 1. The molecule has 0 bridgehead atoms. The molecule has 6 heteroatoms. The quantitative estimate of drug-likeness (QED) is 0.534. The number of hydrogen-bond acceptors (Lipinski definition) is 6. The number of piperidine rings is 1. The molecule has 150 valence electrons. The van der Waals surface area contributed by atoms with E-state index < -0.39 is 0 Å². The first-order valence-electron chi connectivity index (χ1n) is 10.4. The van der Waals surface area contributed by atoms with Gasteiger partial charge in [0.25, 0.3) is 0 Å². The van der Waals surface area contributed by atoms with Gasteiger partial charge in [0.1, 0.15) is 5.82 Å². The van der Waals surface area contributed by atoms with Crippen molar-refractivity contribution in [3.8, 4) is 0 Å². The van der Waals surface area contributed by atoms with Gasteiger partial charge >= 0.3 is 0 Å². The van der Waals surface area contributed by atoms with Gasteiger partial charge in [0, 0.05) is 48.7 Å². The molecular weight excluding hydrogens is 372 g/mol.